The zero-order valence-electron chi connectivity index (χ0n) is 15.9. The molecule has 25 heavy (non-hydrogen) atoms. The molecule has 1 unspecified atom stereocenters. The van der Waals surface area contributed by atoms with Crippen LogP contribution >= 0.6 is 0 Å². The van der Waals surface area contributed by atoms with Crippen molar-refractivity contribution in [2.45, 2.75) is 33.3 Å². The van der Waals surface area contributed by atoms with E-state index in [2.05, 4.69) is 80.6 Å². The first-order valence-corrected chi connectivity index (χ1v) is 8.92. The Morgan fingerprint density at radius 3 is 1.80 bits per heavy atom. The third-order valence-corrected chi connectivity index (χ3v) is 4.58. The topological polar surface area (TPSA) is 9.23 Å². The highest BCUT2D eigenvalue weighted by molar-refractivity contribution is 5.65. The third-order valence-electron chi connectivity index (χ3n) is 4.58. The lowest BCUT2D eigenvalue weighted by Crippen LogP contribution is -2.27. The summed E-state index contributed by atoms with van der Waals surface area (Å²) >= 11 is 0. The smallest absolute Gasteiger partial charge is 0.115 e. The van der Waals surface area contributed by atoms with Gasteiger partial charge in [0.15, 0.2) is 0 Å². The fraction of sp³-hybridized carbons (Fsp3) is 0.250. The molecular weight excluding hydrogens is 304 g/mol. The summed E-state index contributed by atoms with van der Waals surface area (Å²) in [5.74, 6) is 0. The first-order valence-electron chi connectivity index (χ1n) is 8.92. The molecular formula is C24H28O. The van der Waals surface area contributed by atoms with Crippen molar-refractivity contribution in [1.82, 2.24) is 0 Å². The van der Waals surface area contributed by atoms with Crippen LogP contribution in [0.25, 0.3) is 11.1 Å². The Morgan fingerprint density at radius 1 is 0.720 bits per heavy atom. The molecule has 1 atom stereocenters. The van der Waals surface area contributed by atoms with E-state index in [4.69, 9.17) is 4.74 Å². The van der Waals surface area contributed by atoms with Crippen LogP contribution in [0.15, 0.2) is 78.9 Å². The first-order chi connectivity index (χ1) is 12.1. The van der Waals surface area contributed by atoms with Crippen LogP contribution in [0.4, 0.5) is 0 Å². The third kappa shape index (κ3) is 4.00. The van der Waals surface area contributed by atoms with E-state index in [0.29, 0.717) is 0 Å². The molecule has 0 aliphatic heterocycles. The average Bonchev–Trinajstić information content (AvgIpc) is 2.70. The van der Waals surface area contributed by atoms with Gasteiger partial charge in [-0.25, -0.2) is 0 Å². The predicted molar refractivity (Wildman–Crippen MR) is 108 cm³/mol. The van der Waals surface area contributed by atoms with Crippen LogP contribution < -0.4 is 0 Å². The minimum atomic E-state index is -0.444. The Labute approximate surface area is 152 Å². The van der Waals surface area contributed by atoms with Crippen molar-refractivity contribution >= 4 is 0 Å². The van der Waals surface area contributed by atoms with Gasteiger partial charge in [-0.1, -0.05) is 92.7 Å². The number of hydrogen-bond donors (Lipinski definition) is 0. The highest BCUT2D eigenvalue weighted by Crippen LogP contribution is 2.36. The average molecular weight is 332 g/mol. The molecule has 1 nitrogen and oxygen atoms in total. The molecule has 0 heterocycles. The standard InChI is InChI=1S/C22H22O.C2H6/c1-17-16-19(18-10-6-4-7-11-18)14-15-21(17)22(2,23-3)20-12-8-5-9-13-20;1-2/h4-16H,1-3H3;1-2H3. The Bertz CT molecular complexity index is 778. The monoisotopic (exact) mass is 332 g/mol. The second kappa shape index (κ2) is 8.64. The van der Waals surface area contributed by atoms with Gasteiger partial charge in [-0.2, -0.15) is 0 Å². The van der Waals surface area contributed by atoms with Gasteiger partial charge in [0.2, 0.25) is 0 Å². The summed E-state index contributed by atoms with van der Waals surface area (Å²) in [6.45, 7) is 8.29. The molecule has 0 fully saturated rings. The lowest BCUT2D eigenvalue weighted by Gasteiger charge is -2.31. The van der Waals surface area contributed by atoms with E-state index < -0.39 is 5.60 Å². The van der Waals surface area contributed by atoms with Crippen LogP contribution in [0.5, 0.6) is 0 Å². The highest BCUT2D eigenvalue weighted by atomic mass is 16.5. The van der Waals surface area contributed by atoms with Crippen LogP contribution in [-0.4, -0.2) is 7.11 Å². The zero-order valence-corrected chi connectivity index (χ0v) is 15.9. The lowest BCUT2D eigenvalue weighted by atomic mass is 9.84. The normalized spacial score (nSPS) is 12.7. The molecule has 0 bridgehead atoms. The van der Waals surface area contributed by atoms with Gasteiger partial charge >= 0.3 is 0 Å². The highest BCUT2D eigenvalue weighted by Gasteiger charge is 2.30. The van der Waals surface area contributed by atoms with E-state index in [1.165, 1.54) is 22.3 Å². The fourth-order valence-electron chi connectivity index (χ4n) is 3.15. The van der Waals surface area contributed by atoms with Gasteiger partial charge < -0.3 is 4.74 Å². The summed E-state index contributed by atoms with van der Waals surface area (Å²) in [5, 5.41) is 0. The molecule has 0 saturated heterocycles. The second-order valence-corrected chi connectivity index (χ2v) is 6.00. The number of ether oxygens (including phenoxy) is 1. The number of hydrogen-bond acceptors (Lipinski definition) is 1. The minimum absolute atomic E-state index is 0.444. The molecule has 3 aromatic carbocycles. The summed E-state index contributed by atoms with van der Waals surface area (Å²) in [5.41, 5.74) is 5.63. The Balaban J connectivity index is 0.00000109. The van der Waals surface area contributed by atoms with Crippen molar-refractivity contribution < 1.29 is 4.74 Å². The van der Waals surface area contributed by atoms with Gasteiger partial charge in [0.25, 0.3) is 0 Å². The molecule has 0 radical (unpaired) electrons. The molecule has 0 N–H and O–H groups in total. The second-order valence-electron chi connectivity index (χ2n) is 6.00. The lowest BCUT2D eigenvalue weighted by molar-refractivity contribution is 0.0386. The SMILES string of the molecule is CC.COC(C)(c1ccccc1)c1ccc(-c2ccccc2)cc1C. The maximum atomic E-state index is 5.94. The van der Waals surface area contributed by atoms with E-state index >= 15 is 0 Å². The maximum Gasteiger partial charge on any atom is 0.115 e. The van der Waals surface area contributed by atoms with Gasteiger partial charge in [0.05, 0.1) is 0 Å². The van der Waals surface area contributed by atoms with Crippen LogP contribution in [0.1, 0.15) is 37.5 Å². The molecule has 1 heteroatoms. The van der Waals surface area contributed by atoms with Crippen LogP contribution in [-0.2, 0) is 10.3 Å². The van der Waals surface area contributed by atoms with E-state index in [0.717, 1.165) is 5.56 Å². The van der Waals surface area contributed by atoms with Crippen LogP contribution in [0.3, 0.4) is 0 Å². The van der Waals surface area contributed by atoms with Crippen molar-refractivity contribution in [3.05, 3.63) is 95.6 Å². The maximum absolute atomic E-state index is 5.94. The summed E-state index contributed by atoms with van der Waals surface area (Å²) in [7, 11) is 1.78. The van der Waals surface area contributed by atoms with Crippen LogP contribution in [0, 0.1) is 6.92 Å². The van der Waals surface area contributed by atoms with E-state index in [1.54, 1.807) is 7.11 Å². The number of methoxy groups -OCH3 is 1. The van der Waals surface area contributed by atoms with Gasteiger partial charge in [-0.3, -0.25) is 0 Å². The summed E-state index contributed by atoms with van der Waals surface area (Å²) in [6.07, 6.45) is 0. The Morgan fingerprint density at radius 2 is 1.28 bits per heavy atom. The molecule has 0 aromatic heterocycles. The molecule has 130 valence electrons. The van der Waals surface area contributed by atoms with E-state index in [1.807, 2.05) is 26.0 Å². The van der Waals surface area contributed by atoms with Crippen molar-refractivity contribution in [1.29, 1.82) is 0 Å². The van der Waals surface area contributed by atoms with Crippen LogP contribution in [0.2, 0.25) is 0 Å². The van der Waals surface area contributed by atoms with Crippen molar-refractivity contribution in [3.8, 4) is 11.1 Å². The van der Waals surface area contributed by atoms with Crippen molar-refractivity contribution in [2.75, 3.05) is 7.11 Å². The van der Waals surface area contributed by atoms with Gasteiger partial charge in [0.1, 0.15) is 5.60 Å². The number of rotatable bonds is 4. The van der Waals surface area contributed by atoms with Gasteiger partial charge in [-0.05, 0) is 41.7 Å². The zero-order chi connectivity index (χ0) is 18.3. The van der Waals surface area contributed by atoms with Gasteiger partial charge in [-0.15, -0.1) is 0 Å². The molecule has 0 amide bonds. The molecule has 0 aliphatic carbocycles. The van der Waals surface area contributed by atoms with E-state index in [-0.39, 0.29) is 0 Å². The summed E-state index contributed by atoms with van der Waals surface area (Å²) in [4.78, 5) is 0. The van der Waals surface area contributed by atoms with Gasteiger partial charge in [0, 0.05) is 7.11 Å². The fourth-order valence-corrected chi connectivity index (χ4v) is 3.15. The summed E-state index contributed by atoms with van der Waals surface area (Å²) in [6, 6.07) is 27.5. The Hall–Kier alpha value is -2.38. The first kappa shape index (κ1) is 19.0. The molecule has 3 aromatic rings. The number of aryl methyl sites for hydroxylation is 1. The molecule has 0 spiro atoms. The van der Waals surface area contributed by atoms with E-state index in [9.17, 15) is 0 Å². The number of benzene rings is 3. The van der Waals surface area contributed by atoms with Crippen molar-refractivity contribution in [2.24, 2.45) is 0 Å². The predicted octanol–water partition coefficient (Wildman–Crippen LogP) is 6.60. The largest absolute Gasteiger partial charge is 0.369 e. The molecule has 0 aliphatic rings. The molecule has 3 rings (SSSR count). The quantitative estimate of drug-likeness (QED) is 0.523. The summed E-state index contributed by atoms with van der Waals surface area (Å²) < 4.78 is 5.94. The Kier molecular flexibility index (Phi) is 6.55. The molecule has 0 saturated carbocycles. The minimum Gasteiger partial charge on any atom is -0.369 e. The van der Waals surface area contributed by atoms with Crippen molar-refractivity contribution in [3.63, 3.8) is 0 Å².